The van der Waals surface area contributed by atoms with Crippen LogP contribution in [0.25, 0.3) is 22.1 Å². The number of nitro groups is 1. The van der Waals surface area contributed by atoms with Crippen molar-refractivity contribution in [2.45, 2.75) is 6.61 Å². The van der Waals surface area contributed by atoms with Gasteiger partial charge < -0.3 is 9.84 Å². The van der Waals surface area contributed by atoms with Crippen LogP contribution in [-0.4, -0.2) is 41.7 Å². The average molecular weight is 398 g/mol. The van der Waals surface area contributed by atoms with E-state index in [1.165, 1.54) is 17.9 Å². The van der Waals surface area contributed by atoms with Gasteiger partial charge in [-0.1, -0.05) is 11.3 Å². The van der Waals surface area contributed by atoms with Crippen molar-refractivity contribution in [3.63, 3.8) is 0 Å². The molecule has 0 saturated heterocycles. The van der Waals surface area contributed by atoms with Gasteiger partial charge in [0.25, 0.3) is 0 Å². The third kappa shape index (κ3) is 3.35. The molecule has 4 rings (SSSR count). The van der Waals surface area contributed by atoms with Gasteiger partial charge in [0.15, 0.2) is 11.6 Å². The number of ether oxygens (including phenoxy) is 1. The van der Waals surface area contributed by atoms with Crippen LogP contribution in [0.4, 0.5) is 5.00 Å². The molecule has 0 fully saturated rings. The molecule has 142 valence electrons. The van der Waals surface area contributed by atoms with Crippen molar-refractivity contribution in [2.24, 2.45) is 0 Å². The highest BCUT2D eigenvalue weighted by atomic mass is 32.1. The summed E-state index contributed by atoms with van der Waals surface area (Å²) in [7, 11) is 1.52. The number of aliphatic hydroxyl groups is 1. The van der Waals surface area contributed by atoms with Crippen LogP contribution >= 0.6 is 11.3 Å². The molecule has 0 aliphatic heterocycles. The van der Waals surface area contributed by atoms with Crippen molar-refractivity contribution in [1.29, 1.82) is 0 Å². The molecule has 0 saturated carbocycles. The summed E-state index contributed by atoms with van der Waals surface area (Å²) in [5, 5.41) is 28.9. The van der Waals surface area contributed by atoms with Crippen LogP contribution in [0.3, 0.4) is 0 Å². The lowest BCUT2D eigenvalue weighted by atomic mass is 10.2. The van der Waals surface area contributed by atoms with E-state index in [1.54, 1.807) is 47.4 Å². The maximum absolute atomic E-state index is 11.0. The van der Waals surface area contributed by atoms with Crippen molar-refractivity contribution in [2.75, 3.05) is 7.11 Å². The summed E-state index contributed by atoms with van der Waals surface area (Å²) >= 11 is 1.07. The first-order valence-electron chi connectivity index (χ1n) is 8.10. The second kappa shape index (κ2) is 7.21. The number of rotatable bonds is 6. The summed E-state index contributed by atoms with van der Waals surface area (Å²) in [6.45, 7) is -0.187. The summed E-state index contributed by atoms with van der Waals surface area (Å²) in [6, 6.07) is 10.1. The first-order chi connectivity index (χ1) is 13.6. The van der Waals surface area contributed by atoms with E-state index in [0.29, 0.717) is 28.1 Å². The second-order valence-corrected chi connectivity index (χ2v) is 6.74. The minimum Gasteiger partial charge on any atom is -0.480 e. The number of hydrogen-bond donors (Lipinski definition) is 1. The number of pyridine rings is 1. The van der Waals surface area contributed by atoms with E-state index in [1.807, 2.05) is 0 Å². The number of aromatic nitrogens is 5. The normalized spacial score (nSPS) is 10.9. The molecule has 0 bridgehead atoms. The quantitative estimate of drug-likeness (QED) is 0.391. The van der Waals surface area contributed by atoms with Crippen LogP contribution in [0, 0.1) is 10.1 Å². The van der Waals surface area contributed by atoms with E-state index in [-0.39, 0.29) is 11.6 Å². The van der Waals surface area contributed by atoms with E-state index in [0.717, 1.165) is 16.9 Å². The first-order valence-corrected chi connectivity index (χ1v) is 8.91. The Hall–Kier alpha value is -3.57. The molecule has 4 heterocycles. The number of nitrogens with zero attached hydrogens (tertiary/aromatic N) is 6. The van der Waals surface area contributed by atoms with E-state index >= 15 is 0 Å². The highest BCUT2D eigenvalue weighted by Gasteiger charge is 2.15. The van der Waals surface area contributed by atoms with Gasteiger partial charge in [-0.2, -0.15) is 5.10 Å². The number of hydrogen-bond acceptors (Lipinski definition) is 8. The molecule has 11 heteroatoms. The van der Waals surface area contributed by atoms with E-state index in [2.05, 4.69) is 15.2 Å². The predicted molar refractivity (Wildman–Crippen MR) is 101 cm³/mol. The van der Waals surface area contributed by atoms with Crippen molar-refractivity contribution < 1.29 is 14.8 Å². The van der Waals surface area contributed by atoms with Gasteiger partial charge in [-0.3, -0.25) is 10.1 Å². The van der Waals surface area contributed by atoms with Crippen LogP contribution in [-0.2, 0) is 6.61 Å². The van der Waals surface area contributed by atoms with Gasteiger partial charge in [-0.15, -0.1) is 5.10 Å². The van der Waals surface area contributed by atoms with Gasteiger partial charge in [-0.05, 0) is 29.8 Å². The Morgan fingerprint density at radius 2 is 1.86 bits per heavy atom. The first kappa shape index (κ1) is 17.8. The molecule has 0 aromatic carbocycles. The van der Waals surface area contributed by atoms with E-state index in [4.69, 9.17) is 4.74 Å². The fourth-order valence-corrected chi connectivity index (χ4v) is 3.38. The summed E-state index contributed by atoms with van der Waals surface area (Å²) in [6.07, 6.45) is 3.38. The molecule has 0 amide bonds. The molecule has 0 aliphatic carbocycles. The zero-order valence-corrected chi connectivity index (χ0v) is 15.4. The summed E-state index contributed by atoms with van der Waals surface area (Å²) in [5.74, 6) is 1.41. The van der Waals surface area contributed by atoms with Gasteiger partial charge in [0.05, 0.1) is 24.3 Å². The summed E-state index contributed by atoms with van der Waals surface area (Å²) < 4.78 is 8.19. The highest BCUT2D eigenvalue weighted by Crippen LogP contribution is 2.34. The average Bonchev–Trinajstić information content (AvgIpc) is 3.47. The third-order valence-corrected chi connectivity index (χ3v) is 4.99. The fourth-order valence-electron chi connectivity index (χ4n) is 2.58. The molecule has 4 aromatic rings. The maximum Gasteiger partial charge on any atom is 0.324 e. The topological polar surface area (TPSA) is 121 Å². The van der Waals surface area contributed by atoms with E-state index < -0.39 is 4.92 Å². The lowest BCUT2D eigenvalue weighted by Gasteiger charge is -2.08. The number of thiophene rings is 1. The van der Waals surface area contributed by atoms with Crippen LogP contribution in [0.1, 0.15) is 5.69 Å². The molecule has 1 N–H and O–H groups in total. The zero-order chi connectivity index (χ0) is 19.7. The lowest BCUT2D eigenvalue weighted by molar-refractivity contribution is -0.380. The summed E-state index contributed by atoms with van der Waals surface area (Å²) in [4.78, 5) is 15.9. The molecule has 4 aromatic heterocycles. The third-order valence-electron chi connectivity index (χ3n) is 3.90. The highest BCUT2D eigenvalue weighted by molar-refractivity contribution is 7.18. The van der Waals surface area contributed by atoms with Gasteiger partial charge >= 0.3 is 5.00 Å². The molecular formula is C17H14N6O4S. The standard InChI is InChI=1S/C17H14N6O4S/c1-27-16-5-7-22(20-16)15-9-11(13-2-3-17(28-13)23(25)26)8-14(18-15)21-6-4-12(10-24)19-21/h2-9,24H,10H2,1H3. The molecule has 0 atom stereocenters. The van der Waals surface area contributed by atoms with Gasteiger partial charge in [0.2, 0.25) is 5.88 Å². The van der Waals surface area contributed by atoms with Crippen LogP contribution in [0.15, 0.2) is 48.8 Å². The summed E-state index contributed by atoms with van der Waals surface area (Å²) in [5.41, 5.74) is 1.23. The molecule has 28 heavy (non-hydrogen) atoms. The molecule has 10 nitrogen and oxygen atoms in total. The molecule has 0 radical (unpaired) electrons. The predicted octanol–water partition coefficient (Wildman–Crippen LogP) is 2.59. The van der Waals surface area contributed by atoms with Crippen molar-refractivity contribution in [3.8, 4) is 28.0 Å². The smallest absolute Gasteiger partial charge is 0.324 e. The molecule has 0 aliphatic rings. The monoisotopic (exact) mass is 398 g/mol. The Kier molecular flexibility index (Phi) is 4.59. The Balaban J connectivity index is 1.85. The van der Waals surface area contributed by atoms with Gasteiger partial charge in [0.1, 0.15) is 0 Å². The zero-order valence-electron chi connectivity index (χ0n) is 14.6. The SMILES string of the molecule is COc1ccn(-c2cc(-c3ccc([N+](=O)[O-])s3)cc(-n3ccc(CO)n3)n2)n1. The van der Waals surface area contributed by atoms with Crippen LogP contribution in [0.5, 0.6) is 5.88 Å². The fraction of sp³-hybridized carbons (Fsp3) is 0.118. The Labute approximate surface area is 162 Å². The minimum atomic E-state index is -0.420. The lowest BCUT2D eigenvalue weighted by Crippen LogP contribution is -2.05. The van der Waals surface area contributed by atoms with Crippen LogP contribution in [0.2, 0.25) is 0 Å². The Morgan fingerprint density at radius 3 is 2.43 bits per heavy atom. The van der Waals surface area contributed by atoms with Gasteiger partial charge in [0, 0.05) is 29.4 Å². The van der Waals surface area contributed by atoms with Crippen molar-refractivity contribution >= 4 is 16.3 Å². The maximum atomic E-state index is 11.0. The second-order valence-electron chi connectivity index (χ2n) is 5.68. The van der Waals surface area contributed by atoms with E-state index in [9.17, 15) is 15.2 Å². The van der Waals surface area contributed by atoms with Crippen molar-refractivity contribution in [1.82, 2.24) is 24.5 Å². The molecule has 0 unspecified atom stereocenters. The Bertz CT molecular complexity index is 1090. The number of aliphatic hydroxyl groups excluding tert-OH is 1. The largest absolute Gasteiger partial charge is 0.480 e. The van der Waals surface area contributed by atoms with Gasteiger partial charge in [-0.25, -0.2) is 14.3 Å². The number of methoxy groups -OCH3 is 1. The Morgan fingerprint density at radius 1 is 1.14 bits per heavy atom. The molecular weight excluding hydrogens is 384 g/mol. The minimum absolute atomic E-state index is 0.0531. The van der Waals surface area contributed by atoms with Crippen LogP contribution < -0.4 is 4.74 Å². The molecule has 0 spiro atoms. The van der Waals surface area contributed by atoms with Crippen molar-refractivity contribution in [3.05, 3.63) is 64.6 Å².